The van der Waals surface area contributed by atoms with Gasteiger partial charge in [0.25, 0.3) is 0 Å². The molecule has 1 heterocycles. The molecule has 0 spiro atoms. The van der Waals surface area contributed by atoms with Crippen LogP contribution in [0.1, 0.15) is 24.0 Å². The Hall–Kier alpha value is -0.800. The largest absolute Gasteiger partial charge is 0.384 e. The van der Waals surface area contributed by atoms with Crippen LogP contribution in [0, 0.1) is 0 Å². The van der Waals surface area contributed by atoms with Crippen molar-refractivity contribution in [3.8, 4) is 0 Å². The van der Waals surface area contributed by atoms with Gasteiger partial charge in [-0.15, -0.1) is 0 Å². The molecule has 3 N–H and O–H groups in total. The average Bonchev–Trinajstić information content (AvgIpc) is 2.48. The molecule has 3 nitrogen and oxygen atoms in total. The highest BCUT2D eigenvalue weighted by Crippen LogP contribution is 2.34. The fourth-order valence-electron chi connectivity index (χ4n) is 2.18. The molecule has 1 aliphatic rings. The molecule has 1 atom stereocenters. The molecule has 1 aromatic rings. The number of rotatable bonds is 1. The van der Waals surface area contributed by atoms with Crippen molar-refractivity contribution in [2.75, 3.05) is 6.54 Å². The molecule has 13 heavy (non-hydrogen) atoms. The van der Waals surface area contributed by atoms with Gasteiger partial charge in [0.1, 0.15) is 5.60 Å². The Bertz CT molecular complexity index is 319. The maximum atomic E-state index is 10.2. The number of fused-ring (bicyclic) bond motifs is 1. The third kappa shape index (κ3) is 1.28. The minimum Gasteiger partial charge on any atom is -0.384 e. The lowest BCUT2D eigenvalue weighted by atomic mass is 9.82. The first-order valence-electron chi connectivity index (χ1n) is 4.73. The summed E-state index contributed by atoms with van der Waals surface area (Å²) < 4.78 is 2.00. The van der Waals surface area contributed by atoms with Gasteiger partial charge >= 0.3 is 0 Å². The molecule has 0 aromatic carbocycles. The minimum atomic E-state index is -0.769. The molecule has 0 saturated heterocycles. The van der Waals surface area contributed by atoms with Crippen LogP contribution in [0.15, 0.2) is 12.4 Å². The van der Waals surface area contributed by atoms with E-state index in [2.05, 4.69) is 6.20 Å². The summed E-state index contributed by atoms with van der Waals surface area (Å²) >= 11 is 0. The summed E-state index contributed by atoms with van der Waals surface area (Å²) in [5, 5.41) is 10.2. The summed E-state index contributed by atoms with van der Waals surface area (Å²) in [5.74, 6) is 0. The predicted octanol–water partition coefficient (Wildman–Crippen LogP) is 0.508. The van der Waals surface area contributed by atoms with Gasteiger partial charge in [-0.1, -0.05) is 0 Å². The van der Waals surface area contributed by atoms with Crippen molar-refractivity contribution in [1.29, 1.82) is 0 Å². The van der Waals surface area contributed by atoms with Crippen molar-refractivity contribution in [1.82, 2.24) is 4.57 Å². The van der Waals surface area contributed by atoms with Crippen LogP contribution in [-0.2, 0) is 19.1 Å². The smallest absolute Gasteiger partial charge is 0.104 e. The van der Waals surface area contributed by atoms with Crippen LogP contribution in [0.4, 0.5) is 0 Å². The lowest BCUT2D eigenvalue weighted by Crippen LogP contribution is -2.37. The number of aliphatic hydroxyl groups is 1. The first kappa shape index (κ1) is 8.78. The molecule has 1 unspecified atom stereocenters. The van der Waals surface area contributed by atoms with Gasteiger partial charge in [0.05, 0.1) is 0 Å². The highest BCUT2D eigenvalue weighted by molar-refractivity contribution is 5.33. The number of nitrogens with zero attached hydrogens (tertiary/aromatic N) is 1. The van der Waals surface area contributed by atoms with Crippen LogP contribution in [0.2, 0.25) is 0 Å². The number of aromatic nitrogens is 1. The average molecular weight is 180 g/mol. The monoisotopic (exact) mass is 180 g/mol. The molecule has 0 bridgehead atoms. The molecule has 2 rings (SSSR count). The zero-order valence-corrected chi connectivity index (χ0v) is 7.95. The van der Waals surface area contributed by atoms with Gasteiger partial charge in [0.2, 0.25) is 0 Å². The van der Waals surface area contributed by atoms with Gasteiger partial charge in [0, 0.05) is 31.5 Å². The molecule has 0 amide bonds. The van der Waals surface area contributed by atoms with Crippen molar-refractivity contribution in [3.63, 3.8) is 0 Å². The van der Waals surface area contributed by atoms with Gasteiger partial charge in [-0.3, -0.25) is 0 Å². The van der Waals surface area contributed by atoms with E-state index < -0.39 is 5.60 Å². The van der Waals surface area contributed by atoms with E-state index in [4.69, 9.17) is 5.73 Å². The SMILES string of the molecule is Cn1cc2c(c1)C(O)(CN)CCC2. The van der Waals surface area contributed by atoms with Crippen LogP contribution in [0.3, 0.4) is 0 Å². The van der Waals surface area contributed by atoms with E-state index >= 15 is 0 Å². The van der Waals surface area contributed by atoms with E-state index in [1.54, 1.807) is 0 Å². The molecule has 72 valence electrons. The Morgan fingerprint density at radius 3 is 3.08 bits per heavy atom. The molecule has 0 fully saturated rings. The lowest BCUT2D eigenvalue weighted by Gasteiger charge is -2.31. The normalized spacial score (nSPS) is 27.3. The summed E-state index contributed by atoms with van der Waals surface area (Å²) in [6, 6.07) is 0. The standard InChI is InChI=1S/C10H16N2O/c1-12-5-8-3-2-4-10(13,7-11)9(8)6-12/h5-6,13H,2-4,7,11H2,1H3. The summed E-state index contributed by atoms with van der Waals surface area (Å²) in [5.41, 5.74) is 7.12. The van der Waals surface area contributed by atoms with Crippen molar-refractivity contribution in [2.45, 2.75) is 24.9 Å². The molecule has 1 aromatic heterocycles. The van der Waals surface area contributed by atoms with E-state index in [1.807, 2.05) is 17.8 Å². The van der Waals surface area contributed by atoms with Gasteiger partial charge in [-0.2, -0.15) is 0 Å². The first-order valence-corrected chi connectivity index (χ1v) is 4.73. The third-order valence-electron chi connectivity index (χ3n) is 2.91. The fraction of sp³-hybridized carbons (Fsp3) is 0.600. The van der Waals surface area contributed by atoms with E-state index in [0.29, 0.717) is 6.54 Å². The Balaban J connectivity index is 2.47. The Kier molecular flexibility index (Phi) is 1.93. The second kappa shape index (κ2) is 2.86. The first-order chi connectivity index (χ1) is 6.15. The van der Waals surface area contributed by atoms with E-state index in [0.717, 1.165) is 24.8 Å². The van der Waals surface area contributed by atoms with Gasteiger partial charge in [-0.05, 0) is 24.8 Å². The molecular formula is C10H16N2O. The second-order valence-electron chi connectivity index (χ2n) is 3.95. The summed E-state index contributed by atoms with van der Waals surface area (Å²) in [4.78, 5) is 0. The molecular weight excluding hydrogens is 164 g/mol. The van der Waals surface area contributed by atoms with Crippen molar-refractivity contribution >= 4 is 0 Å². The zero-order chi connectivity index (χ0) is 9.47. The van der Waals surface area contributed by atoms with Crippen LogP contribution in [-0.4, -0.2) is 16.2 Å². The number of hydrogen-bond acceptors (Lipinski definition) is 2. The van der Waals surface area contributed by atoms with Crippen LogP contribution < -0.4 is 5.73 Å². The number of aryl methyl sites for hydroxylation is 2. The Labute approximate surface area is 78.2 Å². The summed E-state index contributed by atoms with van der Waals surface area (Å²) in [6.45, 7) is 0.323. The quantitative estimate of drug-likeness (QED) is 0.661. The molecule has 1 aliphatic carbocycles. The Morgan fingerprint density at radius 2 is 2.38 bits per heavy atom. The van der Waals surface area contributed by atoms with Gasteiger partial charge < -0.3 is 15.4 Å². The number of hydrogen-bond donors (Lipinski definition) is 2. The summed E-state index contributed by atoms with van der Waals surface area (Å²) in [7, 11) is 1.98. The highest BCUT2D eigenvalue weighted by Gasteiger charge is 2.33. The molecule has 0 radical (unpaired) electrons. The van der Waals surface area contributed by atoms with E-state index in [-0.39, 0.29) is 0 Å². The zero-order valence-electron chi connectivity index (χ0n) is 7.95. The fourth-order valence-corrected chi connectivity index (χ4v) is 2.18. The summed E-state index contributed by atoms with van der Waals surface area (Å²) in [6.07, 6.45) is 6.96. The van der Waals surface area contributed by atoms with E-state index in [1.165, 1.54) is 5.56 Å². The van der Waals surface area contributed by atoms with Gasteiger partial charge in [0.15, 0.2) is 0 Å². The minimum absolute atomic E-state index is 0.323. The molecule has 3 heteroatoms. The van der Waals surface area contributed by atoms with Crippen LogP contribution in [0.25, 0.3) is 0 Å². The van der Waals surface area contributed by atoms with Crippen molar-refractivity contribution in [3.05, 3.63) is 23.5 Å². The topological polar surface area (TPSA) is 51.2 Å². The highest BCUT2D eigenvalue weighted by atomic mass is 16.3. The lowest BCUT2D eigenvalue weighted by molar-refractivity contribution is 0.0282. The number of nitrogens with two attached hydrogens (primary N) is 1. The second-order valence-corrected chi connectivity index (χ2v) is 3.95. The van der Waals surface area contributed by atoms with Crippen molar-refractivity contribution < 1.29 is 5.11 Å². The van der Waals surface area contributed by atoms with Crippen LogP contribution >= 0.6 is 0 Å². The molecule has 0 saturated carbocycles. The Morgan fingerprint density at radius 1 is 1.62 bits per heavy atom. The molecule has 0 aliphatic heterocycles. The van der Waals surface area contributed by atoms with Crippen LogP contribution in [0.5, 0.6) is 0 Å². The third-order valence-corrected chi connectivity index (χ3v) is 2.91. The maximum absolute atomic E-state index is 10.2. The maximum Gasteiger partial charge on any atom is 0.104 e. The van der Waals surface area contributed by atoms with E-state index in [9.17, 15) is 5.11 Å². The predicted molar refractivity (Wildman–Crippen MR) is 51.3 cm³/mol. The van der Waals surface area contributed by atoms with Gasteiger partial charge in [-0.25, -0.2) is 0 Å². The van der Waals surface area contributed by atoms with Crippen molar-refractivity contribution in [2.24, 2.45) is 12.8 Å².